The Morgan fingerprint density at radius 1 is 1.23 bits per heavy atom. The lowest BCUT2D eigenvalue weighted by Gasteiger charge is -2.09. The molecule has 0 unspecified atom stereocenters. The third kappa shape index (κ3) is 3.81. The maximum absolute atomic E-state index is 12.1. The molecule has 1 heterocycles. The smallest absolute Gasteiger partial charge is 0.270 e. The van der Waals surface area contributed by atoms with Crippen LogP contribution in [0.1, 0.15) is 40.3 Å². The summed E-state index contributed by atoms with van der Waals surface area (Å²) in [5, 5.41) is 6.21. The lowest BCUT2D eigenvalue weighted by atomic mass is 10.1. The first-order valence-corrected chi connectivity index (χ1v) is 7.56. The Balaban J connectivity index is 1.70. The molecule has 0 bridgehead atoms. The van der Waals surface area contributed by atoms with Gasteiger partial charge in [-0.15, -0.1) is 0 Å². The average Bonchev–Trinajstić information content (AvgIpc) is 3.28. The summed E-state index contributed by atoms with van der Waals surface area (Å²) in [7, 11) is 0. The number of hydrogen-bond acceptors (Lipinski definition) is 4. The van der Waals surface area contributed by atoms with Gasteiger partial charge in [0.1, 0.15) is 17.3 Å². The number of carbonyl (C=O) groups excluding carboxylic acids is 1. The third-order valence-electron chi connectivity index (χ3n) is 3.54. The van der Waals surface area contributed by atoms with E-state index in [0.717, 1.165) is 12.8 Å². The molecule has 1 amide bonds. The summed E-state index contributed by atoms with van der Waals surface area (Å²) in [6.45, 7) is 4.53. The summed E-state index contributed by atoms with van der Waals surface area (Å²) in [5.41, 5.74) is 2.83. The second-order valence-corrected chi connectivity index (χ2v) is 5.78. The zero-order valence-corrected chi connectivity index (χ0v) is 12.9. The summed E-state index contributed by atoms with van der Waals surface area (Å²) in [6.07, 6.45) is 2.13. The van der Waals surface area contributed by atoms with Gasteiger partial charge in [0.2, 0.25) is 0 Å². The fourth-order valence-electron chi connectivity index (χ4n) is 2.28. The summed E-state index contributed by atoms with van der Waals surface area (Å²) in [6, 6.07) is 10.3. The van der Waals surface area contributed by atoms with E-state index in [-0.39, 0.29) is 5.91 Å². The Morgan fingerprint density at radius 2 is 2.05 bits per heavy atom. The van der Waals surface area contributed by atoms with Crippen LogP contribution in [0.3, 0.4) is 0 Å². The van der Waals surface area contributed by atoms with Crippen molar-refractivity contribution in [3.05, 3.63) is 53.0 Å². The number of amides is 1. The van der Waals surface area contributed by atoms with E-state index in [0.29, 0.717) is 29.9 Å². The van der Waals surface area contributed by atoms with E-state index >= 15 is 0 Å². The zero-order chi connectivity index (χ0) is 15.5. The standard InChI is InChI=1S/C17H20N4O/c1-11-4-3-5-13(8-11)10-18-16-9-15(19-12(2)20-16)17(22)21-14-6-7-14/h3-5,8-9,14H,6-7,10H2,1-2H3,(H,21,22)(H,18,19,20). The number of rotatable bonds is 5. The minimum absolute atomic E-state index is 0.119. The monoisotopic (exact) mass is 296 g/mol. The first-order chi connectivity index (χ1) is 10.6. The maximum atomic E-state index is 12.1. The van der Waals surface area contributed by atoms with Crippen molar-refractivity contribution in [2.75, 3.05) is 5.32 Å². The number of nitrogens with one attached hydrogen (secondary N) is 2. The molecule has 0 aliphatic heterocycles. The lowest BCUT2D eigenvalue weighted by Crippen LogP contribution is -2.26. The molecule has 0 atom stereocenters. The molecule has 2 N–H and O–H groups in total. The van der Waals surface area contributed by atoms with E-state index in [1.165, 1.54) is 11.1 Å². The second-order valence-electron chi connectivity index (χ2n) is 5.78. The Bertz CT molecular complexity index is 695. The fraction of sp³-hybridized carbons (Fsp3) is 0.353. The van der Waals surface area contributed by atoms with Crippen molar-refractivity contribution in [2.45, 2.75) is 39.3 Å². The van der Waals surface area contributed by atoms with E-state index in [4.69, 9.17) is 0 Å². The van der Waals surface area contributed by atoms with Crippen molar-refractivity contribution >= 4 is 11.7 Å². The summed E-state index contributed by atoms with van der Waals surface area (Å²) in [5.74, 6) is 1.15. The van der Waals surface area contributed by atoms with Crippen LogP contribution in [-0.2, 0) is 6.54 Å². The van der Waals surface area contributed by atoms with Gasteiger partial charge in [0, 0.05) is 18.7 Å². The zero-order valence-electron chi connectivity index (χ0n) is 12.9. The molecular formula is C17H20N4O. The van der Waals surface area contributed by atoms with Crippen LogP contribution in [0.4, 0.5) is 5.82 Å². The minimum Gasteiger partial charge on any atom is -0.366 e. The molecule has 22 heavy (non-hydrogen) atoms. The number of carbonyl (C=O) groups is 1. The summed E-state index contributed by atoms with van der Waals surface area (Å²) in [4.78, 5) is 20.7. The van der Waals surface area contributed by atoms with Gasteiger partial charge in [0.05, 0.1) is 0 Å². The van der Waals surface area contributed by atoms with Crippen LogP contribution >= 0.6 is 0 Å². The van der Waals surface area contributed by atoms with Crippen molar-refractivity contribution < 1.29 is 4.79 Å². The van der Waals surface area contributed by atoms with Crippen LogP contribution in [0.15, 0.2) is 30.3 Å². The number of aryl methyl sites for hydroxylation is 2. The van der Waals surface area contributed by atoms with Gasteiger partial charge in [-0.05, 0) is 32.3 Å². The predicted octanol–water partition coefficient (Wildman–Crippen LogP) is 2.60. The topological polar surface area (TPSA) is 66.9 Å². The first kappa shape index (κ1) is 14.5. The molecule has 114 valence electrons. The van der Waals surface area contributed by atoms with E-state index in [2.05, 4.69) is 45.7 Å². The lowest BCUT2D eigenvalue weighted by molar-refractivity contribution is 0.0945. The molecule has 1 aliphatic carbocycles. The molecule has 1 saturated carbocycles. The number of nitrogens with zero attached hydrogens (tertiary/aromatic N) is 2. The van der Waals surface area contributed by atoms with E-state index in [9.17, 15) is 4.79 Å². The van der Waals surface area contributed by atoms with Gasteiger partial charge >= 0.3 is 0 Å². The highest BCUT2D eigenvalue weighted by atomic mass is 16.2. The quantitative estimate of drug-likeness (QED) is 0.890. The van der Waals surface area contributed by atoms with Crippen molar-refractivity contribution in [3.8, 4) is 0 Å². The van der Waals surface area contributed by atoms with Gasteiger partial charge in [-0.1, -0.05) is 29.8 Å². The van der Waals surface area contributed by atoms with Crippen LogP contribution in [0, 0.1) is 13.8 Å². The van der Waals surface area contributed by atoms with Crippen molar-refractivity contribution in [1.29, 1.82) is 0 Å². The van der Waals surface area contributed by atoms with Gasteiger partial charge in [0.25, 0.3) is 5.91 Å². The number of anilines is 1. The normalized spacial score (nSPS) is 13.7. The summed E-state index contributed by atoms with van der Waals surface area (Å²) < 4.78 is 0. The molecule has 5 nitrogen and oxygen atoms in total. The van der Waals surface area contributed by atoms with E-state index < -0.39 is 0 Å². The maximum Gasteiger partial charge on any atom is 0.270 e. The average molecular weight is 296 g/mol. The number of aromatic nitrogens is 2. The van der Waals surface area contributed by atoms with Crippen LogP contribution in [0.25, 0.3) is 0 Å². The fourth-order valence-corrected chi connectivity index (χ4v) is 2.28. The van der Waals surface area contributed by atoms with Crippen LogP contribution in [-0.4, -0.2) is 21.9 Å². The second kappa shape index (κ2) is 6.13. The minimum atomic E-state index is -0.119. The molecule has 5 heteroatoms. The Labute approximate surface area is 130 Å². The van der Waals surface area contributed by atoms with Crippen molar-refractivity contribution in [3.63, 3.8) is 0 Å². The first-order valence-electron chi connectivity index (χ1n) is 7.56. The number of benzene rings is 1. The highest BCUT2D eigenvalue weighted by molar-refractivity contribution is 5.93. The molecule has 0 spiro atoms. The largest absolute Gasteiger partial charge is 0.366 e. The van der Waals surface area contributed by atoms with Crippen LogP contribution in [0.5, 0.6) is 0 Å². The molecule has 1 aromatic heterocycles. The Morgan fingerprint density at radius 3 is 2.77 bits per heavy atom. The Hall–Kier alpha value is -2.43. The number of hydrogen-bond donors (Lipinski definition) is 2. The predicted molar refractivity (Wildman–Crippen MR) is 85.8 cm³/mol. The van der Waals surface area contributed by atoms with Gasteiger partial charge < -0.3 is 10.6 Å². The SMILES string of the molecule is Cc1cccc(CNc2cc(C(=O)NC3CC3)nc(C)n2)c1. The van der Waals surface area contributed by atoms with Gasteiger partial charge in [-0.2, -0.15) is 0 Å². The van der Waals surface area contributed by atoms with Crippen LogP contribution in [0.2, 0.25) is 0 Å². The molecule has 0 radical (unpaired) electrons. The molecular weight excluding hydrogens is 276 g/mol. The Kier molecular flexibility index (Phi) is 4.04. The van der Waals surface area contributed by atoms with E-state index in [1.54, 1.807) is 13.0 Å². The highest BCUT2D eigenvalue weighted by Gasteiger charge is 2.24. The van der Waals surface area contributed by atoms with Gasteiger partial charge in [0.15, 0.2) is 0 Å². The molecule has 1 fully saturated rings. The molecule has 2 aromatic rings. The van der Waals surface area contributed by atoms with E-state index in [1.807, 2.05) is 6.07 Å². The molecule has 1 aliphatic rings. The summed E-state index contributed by atoms with van der Waals surface area (Å²) >= 11 is 0. The third-order valence-corrected chi connectivity index (χ3v) is 3.54. The highest BCUT2D eigenvalue weighted by Crippen LogP contribution is 2.19. The molecule has 1 aromatic carbocycles. The van der Waals surface area contributed by atoms with Crippen molar-refractivity contribution in [1.82, 2.24) is 15.3 Å². The van der Waals surface area contributed by atoms with Crippen molar-refractivity contribution in [2.24, 2.45) is 0 Å². The molecule has 0 saturated heterocycles. The van der Waals surface area contributed by atoms with Gasteiger partial charge in [-0.25, -0.2) is 9.97 Å². The van der Waals surface area contributed by atoms with Gasteiger partial charge in [-0.3, -0.25) is 4.79 Å². The van der Waals surface area contributed by atoms with Crippen LogP contribution < -0.4 is 10.6 Å². The molecule has 3 rings (SSSR count).